The molecule has 2 rings (SSSR count). The molecular weight excluding hydrogens is 200 g/mol. The van der Waals surface area contributed by atoms with Gasteiger partial charge in [-0.05, 0) is 38.0 Å². The van der Waals surface area contributed by atoms with E-state index in [0.717, 1.165) is 36.6 Å². The number of hydrogen-bond acceptors (Lipinski definition) is 3. The van der Waals surface area contributed by atoms with Gasteiger partial charge >= 0.3 is 0 Å². The third-order valence-electron chi connectivity index (χ3n) is 2.94. The Morgan fingerprint density at radius 2 is 2.19 bits per heavy atom. The van der Waals surface area contributed by atoms with Crippen molar-refractivity contribution in [2.24, 2.45) is 0 Å². The summed E-state index contributed by atoms with van der Waals surface area (Å²) in [6.45, 7) is 6.16. The maximum absolute atomic E-state index is 9.17. The zero-order valence-electron chi connectivity index (χ0n) is 9.90. The number of aliphatic hydroxyl groups is 1. The summed E-state index contributed by atoms with van der Waals surface area (Å²) in [7, 11) is 0. The van der Waals surface area contributed by atoms with Crippen molar-refractivity contribution in [3.63, 3.8) is 0 Å². The van der Waals surface area contributed by atoms with Gasteiger partial charge in [0, 0.05) is 18.8 Å². The fraction of sp³-hybridized carbons (Fsp3) is 0.462. The first-order valence-corrected chi connectivity index (χ1v) is 5.68. The highest BCUT2D eigenvalue weighted by atomic mass is 16.3. The lowest BCUT2D eigenvalue weighted by Crippen LogP contribution is -2.29. The zero-order valence-corrected chi connectivity index (χ0v) is 9.90. The van der Waals surface area contributed by atoms with Crippen molar-refractivity contribution in [3.8, 4) is 0 Å². The molecule has 0 spiro atoms. The van der Waals surface area contributed by atoms with Crippen LogP contribution in [0.5, 0.6) is 0 Å². The van der Waals surface area contributed by atoms with Gasteiger partial charge in [-0.15, -0.1) is 0 Å². The highest BCUT2D eigenvalue weighted by Crippen LogP contribution is 2.19. The highest BCUT2D eigenvalue weighted by molar-refractivity contribution is 5.44. The van der Waals surface area contributed by atoms with Gasteiger partial charge in [-0.1, -0.05) is 11.6 Å². The molecule has 1 aliphatic heterocycles. The highest BCUT2D eigenvalue weighted by Gasteiger charge is 2.12. The molecule has 0 aromatic carbocycles. The average Bonchev–Trinajstić information content (AvgIpc) is 2.29. The fourth-order valence-corrected chi connectivity index (χ4v) is 1.95. The second kappa shape index (κ2) is 4.66. The van der Waals surface area contributed by atoms with Gasteiger partial charge in [0.2, 0.25) is 0 Å². The van der Waals surface area contributed by atoms with Crippen LogP contribution in [0, 0.1) is 6.92 Å². The second-order valence-corrected chi connectivity index (χ2v) is 4.38. The summed E-state index contributed by atoms with van der Waals surface area (Å²) in [5.74, 6) is 0.979. The molecule has 0 radical (unpaired) electrons. The maximum atomic E-state index is 9.17. The molecule has 1 N–H and O–H groups in total. The second-order valence-electron chi connectivity index (χ2n) is 4.38. The van der Waals surface area contributed by atoms with Gasteiger partial charge in [0.05, 0.1) is 6.61 Å². The number of nitrogens with zero attached hydrogens (tertiary/aromatic N) is 2. The van der Waals surface area contributed by atoms with Crippen molar-refractivity contribution >= 4 is 5.82 Å². The van der Waals surface area contributed by atoms with Crippen molar-refractivity contribution in [1.82, 2.24) is 4.98 Å². The zero-order chi connectivity index (χ0) is 11.5. The van der Waals surface area contributed by atoms with Gasteiger partial charge in [0.25, 0.3) is 0 Å². The van der Waals surface area contributed by atoms with Gasteiger partial charge in [-0.25, -0.2) is 4.98 Å². The molecule has 0 saturated heterocycles. The van der Waals surface area contributed by atoms with Crippen LogP contribution in [0.4, 0.5) is 5.82 Å². The minimum atomic E-state index is 0.0824. The van der Waals surface area contributed by atoms with Crippen LogP contribution < -0.4 is 4.90 Å². The predicted molar refractivity (Wildman–Crippen MR) is 65.5 cm³/mol. The Labute approximate surface area is 96.4 Å². The van der Waals surface area contributed by atoms with Gasteiger partial charge in [0.1, 0.15) is 5.82 Å². The van der Waals surface area contributed by atoms with Crippen LogP contribution >= 0.6 is 0 Å². The number of aryl methyl sites for hydroxylation is 1. The number of aliphatic hydroxyl groups excluding tert-OH is 1. The fourth-order valence-electron chi connectivity index (χ4n) is 1.95. The molecular formula is C13H18N2O. The van der Waals surface area contributed by atoms with E-state index in [1.807, 2.05) is 19.1 Å². The molecule has 2 heterocycles. The summed E-state index contributed by atoms with van der Waals surface area (Å²) in [5.41, 5.74) is 3.35. The molecule has 16 heavy (non-hydrogen) atoms. The maximum Gasteiger partial charge on any atom is 0.129 e. The van der Waals surface area contributed by atoms with Crippen LogP contribution in [0.2, 0.25) is 0 Å². The summed E-state index contributed by atoms with van der Waals surface area (Å²) in [6, 6.07) is 3.90. The number of rotatable bonds is 2. The van der Waals surface area contributed by atoms with Gasteiger partial charge in [0.15, 0.2) is 0 Å². The van der Waals surface area contributed by atoms with Crippen molar-refractivity contribution < 1.29 is 5.11 Å². The molecule has 3 nitrogen and oxygen atoms in total. The van der Waals surface area contributed by atoms with Gasteiger partial charge < -0.3 is 10.0 Å². The summed E-state index contributed by atoms with van der Waals surface area (Å²) >= 11 is 0. The Morgan fingerprint density at radius 3 is 2.81 bits per heavy atom. The summed E-state index contributed by atoms with van der Waals surface area (Å²) in [4.78, 5) is 6.77. The van der Waals surface area contributed by atoms with Crippen molar-refractivity contribution in [2.75, 3.05) is 18.0 Å². The van der Waals surface area contributed by atoms with Crippen molar-refractivity contribution in [1.29, 1.82) is 0 Å². The Morgan fingerprint density at radius 1 is 1.38 bits per heavy atom. The lowest BCUT2D eigenvalue weighted by molar-refractivity contribution is 0.281. The van der Waals surface area contributed by atoms with Gasteiger partial charge in [-0.2, -0.15) is 0 Å². The Balaban J connectivity index is 2.23. The van der Waals surface area contributed by atoms with E-state index < -0.39 is 0 Å². The summed E-state index contributed by atoms with van der Waals surface area (Å²) in [5, 5.41) is 9.17. The first-order chi connectivity index (χ1) is 7.69. The Kier molecular flexibility index (Phi) is 3.25. The molecule has 1 aromatic heterocycles. The third-order valence-corrected chi connectivity index (χ3v) is 2.94. The summed E-state index contributed by atoms with van der Waals surface area (Å²) in [6.07, 6.45) is 3.34. The third kappa shape index (κ3) is 2.42. The number of anilines is 1. The minimum Gasteiger partial charge on any atom is -0.392 e. The van der Waals surface area contributed by atoms with E-state index in [9.17, 15) is 0 Å². The van der Waals surface area contributed by atoms with Gasteiger partial charge in [-0.3, -0.25) is 0 Å². The Bertz CT molecular complexity index is 412. The van der Waals surface area contributed by atoms with E-state index in [1.54, 1.807) is 0 Å². The van der Waals surface area contributed by atoms with Crippen LogP contribution in [0.1, 0.15) is 24.6 Å². The van der Waals surface area contributed by atoms with E-state index in [1.165, 1.54) is 5.57 Å². The Hall–Kier alpha value is -1.35. The van der Waals surface area contributed by atoms with E-state index in [4.69, 9.17) is 5.11 Å². The van der Waals surface area contributed by atoms with E-state index >= 15 is 0 Å². The molecule has 1 aliphatic rings. The van der Waals surface area contributed by atoms with E-state index in [-0.39, 0.29) is 6.61 Å². The van der Waals surface area contributed by atoms with E-state index in [0.29, 0.717) is 0 Å². The number of hydrogen-bond donors (Lipinski definition) is 1. The van der Waals surface area contributed by atoms with Crippen LogP contribution in [-0.4, -0.2) is 23.2 Å². The predicted octanol–water partition coefficient (Wildman–Crippen LogP) is 2.04. The molecule has 0 bridgehead atoms. The smallest absolute Gasteiger partial charge is 0.129 e. The van der Waals surface area contributed by atoms with Crippen LogP contribution in [0.3, 0.4) is 0 Å². The first kappa shape index (κ1) is 11.1. The molecule has 0 aliphatic carbocycles. The lowest BCUT2D eigenvalue weighted by Gasteiger charge is -2.27. The largest absolute Gasteiger partial charge is 0.392 e. The molecule has 0 unspecified atom stereocenters. The lowest BCUT2D eigenvalue weighted by atomic mass is 10.1. The average molecular weight is 218 g/mol. The van der Waals surface area contributed by atoms with Crippen molar-refractivity contribution in [3.05, 3.63) is 35.0 Å². The monoisotopic (exact) mass is 218 g/mol. The topological polar surface area (TPSA) is 36.4 Å². The normalized spacial score (nSPS) is 16.2. The number of pyridine rings is 1. The molecule has 0 fully saturated rings. The van der Waals surface area contributed by atoms with Crippen LogP contribution in [0.25, 0.3) is 0 Å². The number of aromatic nitrogens is 1. The standard InChI is InChI=1S/C13H18N2O/c1-10-3-5-15(6-4-10)13-8-12(9-16)7-11(2)14-13/h3,7-8,16H,4-6,9H2,1-2H3. The molecule has 86 valence electrons. The van der Waals surface area contributed by atoms with Crippen LogP contribution in [0.15, 0.2) is 23.8 Å². The molecule has 0 amide bonds. The molecule has 0 atom stereocenters. The quantitative estimate of drug-likeness (QED) is 0.772. The van der Waals surface area contributed by atoms with E-state index in [2.05, 4.69) is 22.9 Å². The molecule has 0 saturated carbocycles. The molecule has 1 aromatic rings. The first-order valence-electron chi connectivity index (χ1n) is 5.68. The SMILES string of the molecule is CC1=CCN(c2cc(CO)cc(C)n2)CC1. The molecule has 3 heteroatoms. The minimum absolute atomic E-state index is 0.0824. The van der Waals surface area contributed by atoms with Crippen molar-refractivity contribution in [2.45, 2.75) is 26.9 Å². The summed E-state index contributed by atoms with van der Waals surface area (Å²) < 4.78 is 0. The van der Waals surface area contributed by atoms with Crippen LogP contribution in [-0.2, 0) is 6.61 Å².